The predicted octanol–water partition coefficient (Wildman–Crippen LogP) is 17.5. The predicted molar refractivity (Wildman–Crippen MR) is 485 cm³/mol. The minimum atomic E-state index is -3.87. The standard InChI is InChI=1S/C24H18N2O3S2.C20H15BrN2O3S.C17H12N2OS.C14H10BrIN2O2S.C6H7BO3.C4H5BO2S/c1-16-6-8-19(9-7-16)31(28,29)26-14-22(20-4-2-3-5-23(20)27)21-12-18(13-25-24(21)26)17-10-11-30-15-17;1-13-6-8-15(9-7-13)27(25,26)23-12-18(16-4-2-3-5-19(16)24)17-10-14(21)11-22-20(17)23;20-16-4-2-1-3-13(16)15-9-19-17-14(15)7-12(8-18-17)11-5-6-21-10-11;1-9-2-4-11(5-3-9)21(19,20)18-8-13(16)12-6-10(15)7-17-14(12)18;8-6-4-2-1-3-5(6)7(9)10;6-5(7)4-1-2-8-3-4/h2-15,27H,1H3;2-12,24H,1H3;1-10,20H,(H,18,19);2-8H,1H3;1-4,8-10H;1-3,6-7H. The second-order valence-corrected chi connectivity index (χ2v) is 37.1. The van der Waals surface area contributed by atoms with Gasteiger partial charge in [-0.25, -0.2) is 57.1 Å². The minimum Gasteiger partial charge on any atom is -0.508 e. The smallest absolute Gasteiger partial charge is 0.492 e. The van der Waals surface area contributed by atoms with Crippen LogP contribution in [0.4, 0.5) is 0 Å². The average molecular weight is 1930 g/mol. The van der Waals surface area contributed by atoms with Gasteiger partial charge in [0.1, 0.15) is 28.6 Å². The van der Waals surface area contributed by atoms with E-state index < -0.39 is 44.3 Å². The maximum Gasteiger partial charge on any atom is 0.492 e. The first-order chi connectivity index (χ1) is 56.6. The van der Waals surface area contributed by atoms with Gasteiger partial charge in [0.15, 0.2) is 16.9 Å². The largest absolute Gasteiger partial charge is 0.508 e. The SMILES string of the molecule is Cc1ccc(S(=O)(=O)n2cc(-c3ccccc3O)c3cc(-c4ccsc4)cnc32)cc1.Cc1ccc(S(=O)(=O)n2cc(-c3ccccc3O)c3cc(Br)cnc32)cc1.Cc1ccc(S(=O)(=O)n2cc(I)c3cc(Br)cnc32)cc1.OB(O)c1ccccc1O.OB(O)c1ccsc1.Oc1ccccc1-c1c[nH]c2ncc(-c3ccsc3)cc12. The molecule has 0 unspecified atom stereocenters. The van der Waals surface area contributed by atoms with Crippen LogP contribution in [0.25, 0.3) is 99.8 Å². The zero-order valence-corrected chi connectivity index (χ0v) is 72.4. The van der Waals surface area contributed by atoms with Crippen molar-refractivity contribution in [2.24, 2.45) is 0 Å². The number of rotatable bonds is 13. The molecule has 9 N–H and O–H groups in total. The minimum absolute atomic E-state index is 0.0734. The summed E-state index contributed by atoms with van der Waals surface area (Å²) in [5, 5.41) is 88.7. The van der Waals surface area contributed by atoms with Gasteiger partial charge in [-0.15, -0.1) is 0 Å². The van der Waals surface area contributed by atoms with Gasteiger partial charge in [0.2, 0.25) is 0 Å². The van der Waals surface area contributed by atoms with Crippen molar-refractivity contribution in [3.63, 3.8) is 0 Å². The van der Waals surface area contributed by atoms with E-state index in [0.717, 1.165) is 73.4 Å². The first kappa shape index (κ1) is 85.0. The van der Waals surface area contributed by atoms with Gasteiger partial charge < -0.3 is 45.5 Å². The highest BCUT2D eigenvalue weighted by molar-refractivity contribution is 14.1. The zero-order valence-electron chi connectivity index (χ0n) is 62.2. The molecule has 18 rings (SSSR count). The number of hydrogen-bond donors (Lipinski definition) is 9. The van der Waals surface area contributed by atoms with Crippen LogP contribution in [0.15, 0.2) is 318 Å². The number of benzene rings is 7. The van der Waals surface area contributed by atoms with E-state index in [-0.39, 0.29) is 43.1 Å². The third-order valence-corrected chi connectivity index (χ3v) is 27.1. The van der Waals surface area contributed by atoms with E-state index in [0.29, 0.717) is 55.4 Å². The Morgan fingerprint density at radius 1 is 0.381 bits per heavy atom. The molecule has 0 atom stereocenters. The summed E-state index contributed by atoms with van der Waals surface area (Å²) in [6, 6.07) is 60.8. The molecule has 0 aliphatic carbocycles. The highest BCUT2D eigenvalue weighted by Crippen LogP contribution is 2.42. The summed E-state index contributed by atoms with van der Waals surface area (Å²) < 4.78 is 84.9. The van der Waals surface area contributed by atoms with Crippen LogP contribution in [0, 0.1) is 24.3 Å². The summed E-state index contributed by atoms with van der Waals surface area (Å²) in [4.78, 5) is 21.4. The third kappa shape index (κ3) is 19.0. The van der Waals surface area contributed by atoms with Gasteiger partial charge >= 0.3 is 14.2 Å². The molecule has 0 bridgehead atoms. The molecule has 0 aliphatic rings. The van der Waals surface area contributed by atoms with Crippen molar-refractivity contribution in [1.29, 1.82) is 0 Å². The number of fused-ring (bicyclic) bond motifs is 4. The molecule has 0 aliphatic heterocycles. The quantitative estimate of drug-likeness (QED) is 0.0382. The summed E-state index contributed by atoms with van der Waals surface area (Å²) in [5.74, 6) is 0.330. The Labute approximate surface area is 721 Å². The summed E-state index contributed by atoms with van der Waals surface area (Å²) in [7, 11) is -14.3. The van der Waals surface area contributed by atoms with Gasteiger partial charge in [0.05, 0.1) is 14.7 Å². The number of para-hydroxylation sites is 4. The lowest BCUT2D eigenvalue weighted by Gasteiger charge is -2.07. The summed E-state index contributed by atoms with van der Waals surface area (Å²) >= 11 is 13.6. The fourth-order valence-electron chi connectivity index (χ4n) is 12.2. The van der Waals surface area contributed by atoms with Crippen molar-refractivity contribution in [3.8, 4) is 78.6 Å². The van der Waals surface area contributed by atoms with Crippen molar-refractivity contribution in [2.45, 2.75) is 35.5 Å². The molecule has 0 amide bonds. The molecule has 33 heteroatoms. The topological polar surface area (TPSA) is 346 Å². The average Bonchev–Trinajstić information content (AvgIpc) is 1.60. The van der Waals surface area contributed by atoms with Crippen LogP contribution >= 0.6 is 88.5 Å². The van der Waals surface area contributed by atoms with Gasteiger partial charge in [0, 0.05) is 134 Å². The Hall–Kier alpha value is -10.9. The molecule has 0 spiro atoms. The normalized spacial score (nSPS) is 11.3. The number of hydrogen-bond acceptors (Lipinski definition) is 21. The Morgan fingerprint density at radius 3 is 1.15 bits per heavy atom. The van der Waals surface area contributed by atoms with Crippen molar-refractivity contribution < 1.29 is 65.8 Å². The molecule has 0 fully saturated rings. The second-order valence-electron chi connectivity index (χ2n) is 26.3. The lowest BCUT2D eigenvalue weighted by atomic mass is 9.80. The Morgan fingerprint density at radius 2 is 0.754 bits per heavy atom. The van der Waals surface area contributed by atoms with Crippen LogP contribution in [-0.2, 0) is 30.1 Å². The van der Waals surface area contributed by atoms with Crippen LogP contribution in [0.1, 0.15) is 16.7 Å². The number of aromatic nitrogens is 8. The number of phenols is 4. The Kier molecular flexibility index (Phi) is 26.6. The lowest BCUT2D eigenvalue weighted by molar-refractivity contribution is 0.419. The summed E-state index contributed by atoms with van der Waals surface area (Å²) in [5.41, 5.74) is 13.8. The number of pyridine rings is 4. The number of nitrogens with zero attached hydrogens (tertiary/aromatic N) is 7. The highest BCUT2D eigenvalue weighted by atomic mass is 127. The first-order valence-electron chi connectivity index (χ1n) is 35.4. The van der Waals surface area contributed by atoms with Gasteiger partial charge in [0.25, 0.3) is 30.1 Å². The van der Waals surface area contributed by atoms with Crippen LogP contribution < -0.4 is 10.9 Å². The number of halogens is 3. The summed E-state index contributed by atoms with van der Waals surface area (Å²) in [6.07, 6.45) is 13.2. The lowest BCUT2D eigenvalue weighted by Crippen LogP contribution is -2.29. The molecule has 594 valence electrons. The van der Waals surface area contributed by atoms with Crippen LogP contribution in [0.3, 0.4) is 0 Å². The molecule has 7 aromatic carbocycles. The van der Waals surface area contributed by atoms with Crippen LogP contribution in [0.2, 0.25) is 0 Å². The van der Waals surface area contributed by atoms with Gasteiger partial charge in [-0.05, 0) is 221 Å². The number of nitrogens with one attached hydrogen (secondary N) is 1. The van der Waals surface area contributed by atoms with E-state index in [2.05, 4.69) is 102 Å². The van der Waals surface area contributed by atoms with Gasteiger partial charge in [-0.3, -0.25) is 0 Å². The van der Waals surface area contributed by atoms with E-state index >= 15 is 0 Å². The van der Waals surface area contributed by atoms with Gasteiger partial charge in [-0.1, -0.05) is 132 Å². The molecule has 118 heavy (non-hydrogen) atoms. The first-order valence-corrected chi connectivity index (χ1v) is 45.2. The van der Waals surface area contributed by atoms with E-state index in [1.165, 1.54) is 47.1 Å². The molecular formula is C85H67B2Br2IN8O14S6. The van der Waals surface area contributed by atoms with Gasteiger partial charge in [-0.2, -0.15) is 34.0 Å². The summed E-state index contributed by atoms with van der Waals surface area (Å²) in [6.45, 7) is 5.73. The molecule has 22 nitrogen and oxygen atoms in total. The number of thiophene rings is 3. The maximum atomic E-state index is 13.5. The maximum absolute atomic E-state index is 13.5. The molecule has 0 radical (unpaired) electrons. The van der Waals surface area contributed by atoms with Crippen LogP contribution in [0.5, 0.6) is 23.0 Å². The molecule has 11 heterocycles. The molecular weight excluding hydrogens is 1860 g/mol. The number of phenolic OH excluding ortho intramolecular Hbond substituents is 4. The number of H-pyrrole nitrogens is 1. The Balaban J connectivity index is 0.000000128. The van der Waals surface area contributed by atoms with E-state index in [1.54, 1.807) is 210 Å². The molecule has 0 saturated heterocycles. The molecule has 18 aromatic rings. The van der Waals surface area contributed by atoms with E-state index in [9.17, 15) is 40.6 Å². The van der Waals surface area contributed by atoms with E-state index in [4.69, 9.17) is 25.2 Å². The zero-order chi connectivity index (χ0) is 83.7. The Bertz CT molecular complexity index is 6960. The highest BCUT2D eigenvalue weighted by Gasteiger charge is 2.28. The fraction of sp³-hybridized carbons (Fsp3) is 0.0353. The number of aromatic hydroxyl groups is 4. The monoisotopic (exact) mass is 1920 g/mol. The van der Waals surface area contributed by atoms with Crippen molar-refractivity contribution in [1.82, 2.24) is 36.8 Å². The number of aryl methyl sites for hydroxylation is 3. The van der Waals surface area contributed by atoms with E-state index in [1.807, 2.05) is 86.4 Å². The van der Waals surface area contributed by atoms with Crippen molar-refractivity contribution in [3.05, 3.63) is 323 Å². The fourth-order valence-corrected chi connectivity index (χ4v) is 19.7. The van der Waals surface area contributed by atoms with Crippen LogP contribution in [-0.4, -0.2) is 117 Å². The number of aromatic amines is 1. The molecule has 11 aromatic heterocycles. The third-order valence-electron chi connectivity index (χ3n) is 18.3. The molecule has 0 saturated carbocycles. The van der Waals surface area contributed by atoms with Crippen molar-refractivity contribution in [2.75, 3.05) is 0 Å². The second kappa shape index (κ2) is 37.0. The van der Waals surface area contributed by atoms with Crippen molar-refractivity contribution >= 4 is 188 Å².